The van der Waals surface area contributed by atoms with Crippen LogP contribution in [0.4, 0.5) is 0 Å². The van der Waals surface area contributed by atoms with Crippen LogP contribution in [-0.2, 0) is 14.3 Å². The average molecular weight is 554 g/mol. The van der Waals surface area contributed by atoms with E-state index in [1.807, 2.05) is 0 Å². The van der Waals surface area contributed by atoms with Gasteiger partial charge in [-0.3, -0.25) is 14.4 Å². The van der Waals surface area contributed by atoms with Gasteiger partial charge in [-0.1, -0.05) is 0 Å². The van der Waals surface area contributed by atoms with Crippen LogP contribution in [-0.4, -0.2) is 61.4 Å². The number of aliphatic carboxylic acids is 1. The molecule has 10 heteroatoms. The summed E-state index contributed by atoms with van der Waals surface area (Å²) in [6.45, 7) is 2.22. The molecule has 4 saturated carbocycles. The molecular weight excluding hydrogens is 514 g/mol. The molecule has 40 heavy (non-hydrogen) atoms. The molecule has 0 unspecified atom stereocenters. The third-order valence-electron chi connectivity index (χ3n) is 9.86. The van der Waals surface area contributed by atoms with E-state index < -0.39 is 11.4 Å². The standard InChI is InChI=1S/C30H39N3O7/c1-29(28(36)37)8-6-20(7-9-29)40-22-14-21(23(38-2)13-19(22)15-31)26(34)33-25-18-5-4-17(12-18)24(25)27(35)32-16-30(39-3)10-11-30/h13-14,17-18,20,24-25H,4-12,16H2,1-3H3,(H,32,35)(H,33,34)(H,36,37)/t17-,18+,20-,24+,25-,29+/m1/s1. The van der Waals surface area contributed by atoms with E-state index in [1.54, 1.807) is 14.0 Å². The van der Waals surface area contributed by atoms with Crippen molar-refractivity contribution < 1.29 is 33.7 Å². The van der Waals surface area contributed by atoms with Crippen molar-refractivity contribution in [2.45, 2.75) is 82.5 Å². The Labute approximate surface area is 234 Å². The van der Waals surface area contributed by atoms with Gasteiger partial charge >= 0.3 is 5.97 Å². The molecule has 10 nitrogen and oxygen atoms in total. The molecule has 0 heterocycles. The summed E-state index contributed by atoms with van der Waals surface area (Å²) in [7, 11) is 3.11. The molecule has 2 bridgehead atoms. The fourth-order valence-corrected chi connectivity index (χ4v) is 6.89. The number of nitrogens with zero attached hydrogens (tertiary/aromatic N) is 1. The van der Waals surface area contributed by atoms with Gasteiger partial charge in [-0.15, -0.1) is 0 Å². The minimum atomic E-state index is -0.814. The smallest absolute Gasteiger partial charge is 0.309 e. The van der Waals surface area contributed by atoms with Gasteiger partial charge in [-0.2, -0.15) is 5.26 Å². The number of carboxylic acids is 1. The molecule has 4 aliphatic rings. The van der Waals surface area contributed by atoms with Crippen LogP contribution >= 0.6 is 0 Å². The molecular formula is C30H39N3O7. The number of amides is 2. The zero-order chi connectivity index (χ0) is 28.7. The maximum absolute atomic E-state index is 13.7. The number of carboxylic acid groups (broad SMARTS) is 1. The van der Waals surface area contributed by atoms with Gasteiger partial charge < -0.3 is 30.0 Å². The van der Waals surface area contributed by atoms with Crippen LogP contribution in [0.25, 0.3) is 0 Å². The summed E-state index contributed by atoms with van der Waals surface area (Å²) < 4.78 is 17.2. The molecule has 0 radical (unpaired) electrons. The monoisotopic (exact) mass is 553 g/mol. The second-order valence-electron chi connectivity index (χ2n) is 12.3. The number of carbonyl (C=O) groups is 3. The second kappa shape index (κ2) is 10.9. The molecule has 4 fully saturated rings. The molecule has 3 N–H and O–H groups in total. The number of methoxy groups -OCH3 is 2. The lowest BCUT2D eigenvalue weighted by molar-refractivity contribution is -0.150. The number of hydrogen-bond donors (Lipinski definition) is 3. The normalized spacial score (nSPS) is 31.6. The van der Waals surface area contributed by atoms with Crippen LogP contribution in [0.2, 0.25) is 0 Å². The third-order valence-corrected chi connectivity index (χ3v) is 9.86. The highest BCUT2D eigenvalue weighted by atomic mass is 16.5. The van der Waals surface area contributed by atoms with Gasteiger partial charge in [-0.25, -0.2) is 0 Å². The van der Waals surface area contributed by atoms with Crippen LogP contribution < -0.4 is 20.1 Å². The van der Waals surface area contributed by atoms with Crippen molar-refractivity contribution in [2.75, 3.05) is 20.8 Å². The van der Waals surface area contributed by atoms with Crippen LogP contribution in [0.1, 0.15) is 80.6 Å². The zero-order valence-corrected chi connectivity index (χ0v) is 23.5. The molecule has 216 valence electrons. The number of ether oxygens (including phenoxy) is 3. The average Bonchev–Trinajstić information content (AvgIpc) is 3.46. The minimum absolute atomic E-state index is 0.0395. The maximum Gasteiger partial charge on any atom is 0.309 e. The molecule has 0 aliphatic heterocycles. The molecule has 0 aromatic heterocycles. The van der Waals surface area contributed by atoms with Crippen molar-refractivity contribution >= 4 is 17.8 Å². The number of hydrogen-bond acceptors (Lipinski definition) is 7. The first-order chi connectivity index (χ1) is 19.1. The van der Waals surface area contributed by atoms with Crippen LogP contribution in [0.5, 0.6) is 11.5 Å². The summed E-state index contributed by atoms with van der Waals surface area (Å²) in [5.41, 5.74) is -0.553. The highest BCUT2D eigenvalue weighted by Crippen LogP contribution is 2.49. The summed E-state index contributed by atoms with van der Waals surface area (Å²) in [5.74, 6) is -0.545. The lowest BCUT2D eigenvalue weighted by Gasteiger charge is -2.34. The van der Waals surface area contributed by atoms with Crippen LogP contribution in [0, 0.1) is 34.5 Å². The van der Waals surface area contributed by atoms with Gasteiger partial charge in [-0.05, 0) is 82.6 Å². The minimum Gasteiger partial charge on any atom is -0.496 e. The maximum atomic E-state index is 13.7. The van der Waals surface area contributed by atoms with E-state index in [0.717, 1.165) is 32.1 Å². The predicted octanol–water partition coefficient (Wildman–Crippen LogP) is 3.42. The van der Waals surface area contributed by atoms with Gasteiger partial charge in [0.15, 0.2) is 0 Å². The Bertz CT molecular complexity index is 1210. The number of fused-ring (bicyclic) bond motifs is 2. The van der Waals surface area contributed by atoms with Crippen molar-refractivity contribution in [3.05, 3.63) is 23.3 Å². The Morgan fingerprint density at radius 1 is 1.05 bits per heavy atom. The Kier molecular flexibility index (Phi) is 7.71. The van der Waals surface area contributed by atoms with E-state index in [1.165, 1.54) is 19.2 Å². The van der Waals surface area contributed by atoms with E-state index in [2.05, 4.69) is 16.7 Å². The fraction of sp³-hybridized carbons (Fsp3) is 0.667. The Morgan fingerprint density at radius 2 is 1.75 bits per heavy atom. The quantitative estimate of drug-likeness (QED) is 0.399. The molecule has 4 atom stereocenters. The van der Waals surface area contributed by atoms with Crippen molar-refractivity contribution in [2.24, 2.45) is 23.2 Å². The summed E-state index contributed by atoms with van der Waals surface area (Å²) in [6.07, 6.45) is 6.48. The number of nitrogens with one attached hydrogen (secondary N) is 2. The predicted molar refractivity (Wildman–Crippen MR) is 144 cm³/mol. The van der Waals surface area contributed by atoms with E-state index in [4.69, 9.17) is 14.2 Å². The molecule has 0 saturated heterocycles. The van der Waals surface area contributed by atoms with E-state index in [-0.39, 0.29) is 69.9 Å². The lowest BCUT2D eigenvalue weighted by atomic mass is 9.75. The van der Waals surface area contributed by atoms with E-state index in [0.29, 0.717) is 32.2 Å². The number of benzene rings is 1. The Morgan fingerprint density at radius 3 is 2.35 bits per heavy atom. The van der Waals surface area contributed by atoms with Crippen LogP contribution in [0.3, 0.4) is 0 Å². The van der Waals surface area contributed by atoms with Gasteiger partial charge in [0.2, 0.25) is 5.91 Å². The topological polar surface area (TPSA) is 147 Å². The second-order valence-corrected chi connectivity index (χ2v) is 12.3. The number of nitriles is 1. The molecule has 1 aromatic rings. The summed E-state index contributed by atoms with van der Waals surface area (Å²) in [4.78, 5) is 38.6. The van der Waals surface area contributed by atoms with Crippen molar-refractivity contribution in [3.8, 4) is 17.6 Å². The Balaban J connectivity index is 1.31. The van der Waals surface area contributed by atoms with Crippen LogP contribution in [0.15, 0.2) is 12.1 Å². The Hall–Kier alpha value is -3.32. The molecule has 1 aromatic carbocycles. The molecule has 0 spiro atoms. The highest BCUT2D eigenvalue weighted by molar-refractivity contribution is 5.98. The lowest BCUT2D eigenvalue weighted by Crippen LogP contribution is -2.51. The van der Waals surface area contributed by atoms with Crippen molar-refractivity contribution in [3.63, 3.8) is 0 Å². The fourth-order valence-electron chi connectivity index (χ4n) is 6.89. The first-order valence-electron chi connectivity index (χ1n) is 14.3. The van der Waals surface area contributed by atoms with Crippen molar-refractivity contribution in [1.29, 1.82) is 5.26 Å². The van der Waals surface area contributed by atoms with Gasteiger partial charge in [0, 0.05) is 25.8 Å². The summed E-state index contributed by atoms with van der Waals surface area (Å²) in [6, 6.07) is 4.87. The third kappa shape index (κ3) is 5.36. The number of rotatable bonds is 10. The largest absolute Gasteiger partial charge is 0.496 e. The highest BCUT2D eigenvalue weighted by Gasteiger charge is 2.52. The van der Waals surface area contributed by atoms with E-state index in [9.17, 15) is 24.8 Å². The van der Waals surface area contributed by atoms with Gasteiger partial charge in [0.25, 0.3) is 5.91 Å². The van der Waals surface area contributed by atoms with Crippen molar-refractivity contribution in [1.82, 2.24) is 10.6 Å². The summed E-state index contributed by atoms with van der Waals surface area (Å²) in [5, 5.41) is 25.5. The first kappa shape index (κ1) is 28.2. The number of carbonyl (C=O) groups excluding carboxylic acids is 2. The van der Waals surface area contributed by atoms with Gasteiger partial charge in [0.1, 0.15) is 17.6 Å². The van der Waals surface area contributed by atoms with Gasteiger partial charge in [0.05, 0.1) is 41.3 Å². The molecule has 4 aliphatic carbocycles. The first-order valence-corrected chi connectivity index (χ1v) is 14.3. The SMILES string of the molecule is COc1cc(C#N)c(O[C@H]2CC[C@@](C)(C(=O)O)CC2)cc1C(=O)N[C@@H]1[C@H]2CC[C@H](C2)[C@@H]1C(=O)NCC1(OC)CC1. The van der Waals surface area contributed by atoms with E-state index >= 15 is 0 Å². The zero-order valence-electron chi connectivity index (χ0n) is 23.5. The molecule has 5 rings (SSSR count). The molecule has 2 amide bonds. The summed E-state index contributed by atoms with van der Waals surface area (Å²) >= 11 is 0.